The maximum atomic E-state index is 12.6. The molecule has 2 aromatic heterocycles. The fourth-order valence-corrected chi connectivity index (χ4v) is 4.44. The first-order valence-electron chi connectivity index (χ1n) is 9.64. The molecule has 134 valence electrons. The Labute approximate surface area is 148 Å². The van der Waals surface area contributed by atoms with Crippen LogP contribution in [0.15, 0.2) is 23.0 Å². The van der Waals surface area contributed by atoms with Gasteiger partial charge < -0.3 is 4.90 Å². The molecule has 1 N–H and O–H groups in total. The van der Waals surface area contributed by atoms with Gasteiger partial charge in [0.1, 0.15) is 0 Å². The van der Waals surface area contributed by atoms with Crippen molar-refractivity contribution in [2.75, 3.05) is 19.6 Å². The van der Waals surface area contributed by atoms with Gasteiger partial charge in [0.2, 0.25) is 0 Å². The second-order valence-electron chi connectivity index (χ2n) is 7.64. The first-order valence-corrected chi connectivity index (χ1v) is 9.64. The van der Waals surface area contributed by atoms with Crippen molar-refractivity contribution in [3.8, 4) is 0 Å². The van der Waals surface area contributed by atoms with E-state index in [0.29, 0.717) is 5.92 Å². The van der Waals surface area contributed by atoms with Crippen molar-refractivity contribution in [1.29, 1.82) is 0 Å². The summed E-state index contributed by atoms with van der Waals surface area (Å²) in [5.74, 6) is 1.29. The van der Waals surface area contributed by atoms with Crippen LogP contribution in [0.25, 0.3) is 5.65 Å². The van der Waals surface area contributed by atoms with Crippen LogP contribution in [0.3, 0.4) is 0 Å². The molecule has 0 saturated carbocycles. The van der Waals surface area contributed by atoms with Crippen LogP contribution >= 0.6 is 0 Å². The maximum absolute atomic E-state index is 12.6. The SMILES string of the molecule is CCc1c(C)nc2cc(C3CCN(CC4CC=CCC4)C3)[nH]n2c1=O. The monoisotopic (exact) mass is 340 g/mol. The third kappa shape index (κ3) is 3.17. The zero-order chi connectivity index (χ0) is 17.4. The van der Waals surface area contributed by atoms with Gasteiger partial charge in [0.05, 0.1) is 0 Å². The van der Waals surface area contributed by atoms with Crippen LogP contribution in [0, 0.1) is 12.8 Å². The Morgan fingerprint density at radius 1 is 1.32 bits per heavy atom. The average molecular weight is 340 g/mol. The molecular weight excluding hydrogens is 312 g/mol. The summed E-state index contributed by atoms with van der Waals surface area (Å²) >= 11 is 0. The van der Waals surface area contributed by atoms with Gasteiger partial charge in [0.15, 0.2) is 5.65 Å². The molecule has 2 aliphatic rings. The van der Waals surface area contributed by atoms with Gasteiger partial charge >= 0.3 is 0 Å². The van der Waals surface area contributed by atoms with E-state index in [0.717, 1.165) is 54.4 Å². The van der Waals surface area contributed by atoms with Crippen molar-refractivity contribution < 1.29 is 0 Å². The molecule has 5 heteroatoms. The maximum Gasteiger partial charge on any atom is 0.276 e. The van der Waals surface area contributed by atoms with E-state index in [1.807, 2.05) is 13.8 Å². The lowest BCUT2D eigenvalue weighted by atomic mass is 9.94. The number of aromatic nitrogens is 3. The molecule has 0 aromatic carbocycles. The van der Waals surface area contributed by atoms with Gasteiger partial charge in [-0.3, -0.25) is 9.89 Å². The molecule has 2 aromatic rings. The number of aryl methyl sites for hydroxylation is 1. The van der Waals surface area contributed by atoms with Crippen molar-refractivity contribution in [1.82, 2.24) is 19.5 Å². The van der Waals surface area contributed by atoms with Crippen LogP contribution in [0.5, 0.6) is 0 Å². The molecule has 2 atom stereocenters. The van der Waals surface area contributed by atoms with Crippen molar-refractivity contribution in [2.45, 2.75) is 51.9 Å². The molecular formula is C20H28N4O. The molecule has 0 radical (unpaired) electrons. The first kappa shape index (κ1) is 16.6. The topological polar surface area (TPSA) is 53.4 Å². The highest BCUT2D eigenvalue weighted by molar-refractivity contribution is 5.42. The zero-order valence-corrected chi connectivity index (χ0v) is 15.3. The fourth-order valence-electron chi connectivity index (χ4n) is 4.44. The van der Waals surface area contributed by atoms with Crippen LogP contribution in [-0.4, -0.2) is 39.1 Å². The van der Waals surface area contributed by atoms with E-state index in [1.54, 1.807) is 4.52 Å². The summed E-state index contributed by atoms with van der Waals surface area (Å²) in [5, 5.41) is 3.34. The first-order chi connectivity index (χ1) is 12.2. The Morgan fingerprint density at radius 2 is 2.20 bits per heavy atom. The Bertz CT molecular complexity index is 847. The van der Waals surface area contributed by atoms with Gasteiger partial charge in [-0.1, -0.05) is 19.1 Å². The number of aromatic amines is 1. The second kappa shape index (κ2) is 6.79. The summed E-state index contributed by atoms with van der Waals surface area (Å²) in [5.41, 5.74) is 3.63. The third-order valence-electron chi connectivity index (χ3n) is 5.89. The van der Waals surface area contributed by atoms with Gasteiger partial charge in [0.25, 0.3) is 5.56 Å². The van der Waals surface area contributed by atoms with Crippen LogP contribution < -0.4 is 5.56 Å². The fraction of sp³-hybridized carbons (Fsp3) is 0.600. The van der Waals surface area contributed by atoms with Crippen LogP contribution in [0.2, 0.25) is 0 Å². The zero-order valence-electron chi connectivity index (χ0n) is 15.3. The molecule has 1 saturated heterocycles. The van der Waals surface area contributed by atoms with Gasteiger partial charge in [-0.15, -0.1) is 0 Å². The molecule has 25 heavy (non-hydrogen) atoms. The summed E-state index contributed by atoms with van der Waals surface area (Å²) in [7, 11) is 0. The van der Waals surface area contributed by atoms with E-state index in [4.69, 9.17) is 0 Å². The van der Waals surface area contributed by atoms with Crippen LogP contribution in [0.4, 0.5) is 0 Å². The molecule has 1 aliphatic heterocycles. The van der Waals surface area contributed by atoms with E-state index in [9.17, 15) is 4.79 Å². The van der Waals surface area contributed by atoms with Crippen molar-refractivity contribution >= 4 is 5.65 Å². The molecule has 1 aliphatic carbocycles. The standard InChI is InChI=1S/C20H28N4O/c1-3-17-14(2)21-19-11-18(22-24(19)20(17)25)16-9-10-23(13-16)12-15-7-5-4-6-8-15/h4-5,11,15-16,22H,3,6-10,12-13H2,1-2H3. The van der Waals surface area contributed by atoms with Crippen molar-refractivity contribution in [3.63, 3.8) is 0 Å². The molecule has 5 nitrogen and oxygen atoms in total. The van der Waals surface area contributed by atoms with Gasteiger partial charge in [-0.25, -0.2) is 9.50 Å². The minimum Gasteiger partial charge on any atom is -0.302 e. The van der Waals surface area contributed by atoms with Gasteiger partial charge in [0, 0.05) is 42.0 Å². The minimum atomic E-state index is 0.0556. The second-order valence-corrected chi connectivity index (χ2v) is 7.64. The van der Waals surface area contributed by atoms with Crippen molar-refractivity contribution in [2.24, 2.45) is 5.92 Å². The number of fused-ring (bicyclic) bond motifs is 1. The molecule has 1 fully saturated rings. The van der Waals surface area contributed by atoms with Gasteiger partial charge in [-0.05, 0) is 51.5 Å². The Hall–Kier alpha value is -1.88. The highest BCUT2D eigenvalue weighted by atomic mass is 16.1. The number of likely N-dealkylation sites (tertiary alicyclic amines) is 1. The third-order valence-corrected chi connectivity index (χ3v) is 5.89. The lowest BCUT2D eigenvalue weighted by Gasteiger charge is -2.24. The summed E-state index contributed by atoms with van der Waals surface area (Å²) in [6.45, 7) is 7.39. The predicted octanol–water partition coefficient (Wildman–Crippen LogP) is 3.04. The van der Waals surface area contributed by atoms with Crippen LogP contribution in [-0.2, 0) is 6.42 Å². The number of rotatable bonds is 4. The highest BCUT2D eigenvalue weighted by Gasteiger charge is 2.27. The molecule has 0 amide bonds. The quantitative estimate of drug-likeness (QED) is 0.871. The minimum absolute atomic E-state index is 0.0556. The lowest BCUT2D eigenvalue weighted by molar-refractivity contribution is 0.263. The van der Waals surface area contributed by atoms with E-state index < -0.39 is 0 Å². The number of H-pyrrole nitrogens is 1. The largest absolute Gasteiger partial charge is 0.302 e. The number of nitrogens with zero attached hydrogens (tertiary/aromatic N) is 3. The number of hydrogen-bond donors (Lipinski definition) is 1. The van der Waals surface area contributed by atoms with Gasteiger partial charge in [-0.2, -0.15) is 0 Å². The van der Waals surface area contributed by atoms with Crippen LogP contribution in [0.1, 0.15) is 55.5 Å². The normalized spacial score (nSPS) is 24.4. The van der Waals surface area contributed by atoms with Crippen molar-refractivity contribution in [3.05, 3.63) is 45.5 Å². The summed E-state index contributed by atoms with van der Waals surface area (Å²) in [6.07, 6.45) is 10.3. The Kier molecular flexibility index (Phi) is 4.50. The smallest absolute Gasteiger partial charge is 0.276 e. The van der Waals surface area contributed by atoms with E-state index in [2.05, 4.69) is 33.2 Å². The Balaban J connectivity index is 1.51. The van der Waals surface area contributed by atoms with E-state index in [-0.39, 0.29) is 5.56 Å². The summed E-state index contributed by atoms with van der Waals surface area (Å²) < 4.78 is 1.63. The average Bonchev–Trinajstić information content (AvgIpc) is 3.23. The predicted molar refractivity (Wildman–Crippen MR) is 100 cm³/mol. The summed E-state index contributed by atoms with van der Waals surface area (Å²) in [6, 6.07) is 2.07. The molecule has 3 heterocycles. The Morgan fingerprint density at radius 3 is 2.96 bits per heavy atom. The number of nitrogens with one attached hydrogen (secondary N) is 1. The van der Waals surface area contributed by atoms with E-state index >= 15 is 0 Å². The highest BCUT2D eigenvalue weighted by Crippen LogP contribution is 2.29. The molecule has 4 rings (SSSR count). The number of allylic oxidation sites excluding steroid dienone is 2. The number of hydrogen-bond acceptors (Lipinski definition) is 3. The molecule has 2 unspecified atom stereocenters. The molecule has 0 spiro atoms. The summed E-state index contributed by atoms with van der Waals surface area (Å²) in [4.78, 5) is 19.8. The molecule has 0 bridgehead atoms. The van der Waals surface area contributed by atoms with E-state index in [1.165, 1.54) is 25.8 Å². The lowest BCUT2D eigenvalue weighted by Crippen LogP contribution is -2.28.